The van der Waals surface area contributed by atoms with Crippen molar-refractivity contribution in [3.8, 4) is 0 Å². The maximum absolute atomic E-state index is 12.1. The third-order valence-corrected chi connectivity index (χ3v) is 6.84. The molecule has 0 saturated heterocycles. The zero-order chi connectivity index (χ0) is 13.6. The van der Waals surface area contributed by atoms with E-state index in [1.54, 1.807) is 19.9 Å². The van der Waals surface area contributed by atoms with Crippen molar-refractivity contribution >= 4 is 25.8 Å². The third-order valence-electron chi connectivity index (χ3n) is 3.72. The van der Waals surface area contributed by atoms with Gasteiger partial charge in [-0.2, -0.15) is 0 Å². The first-order valence-corrected chi connectivity index (χ1v) is 8.41. The smallest absolute Gasteiger partial charge is 0.181 e. The molecule has 100 valence electrons. The molecule has 1 aromatic carbocycles. The lowest BCUT2D eigenvalue weighted by molar-refractivity contribution is 0.586. The number of sulfone groups is 1. The summed E-state index contributed by atoms with van der Waals surface area (Å²) in [6.07, 6.45) is 2.18. The second-order valence-corrected chi connectivity index (χ2v) is 8.55. The molecule has 1 saturated carbocycles. The molecule has 0 spiro atoms. The van der Waals surface area contributed by atoms with Gasteiger partial charge in [-0.05, 0) is 60.3 Å². The highest BCUT2D eigenvalue weighted by Crippen LogP contribution is 2.48. The van der Waals surface area contributed by atoms with Crippen LogP contribution in [0.15, 0.2) is 27.6 Å². The predicted octanol–water partition coefficient (Wildman–Crippen LogP) is 2.62. The van der Waals surface area contributed by atoms with Gasteiger partial charge in [-0.25, -0.2) is 8.42 Å². The fraction of sp³-hybridized carbons (Fsp3) is 0.538. The Kier molecular flexibility index (Phi) is 3.60. The molecule has 1 aliphatic rings. The van der Waals surface area contributed by atoms with Crippen LogP contribution < -0.4 is 5.73 Å². The van der Waals surface area contributed by atoms with Gasteiger partial charge in [0.2, 0.25) is 0 Å². The summed E-state index contributed by atoms with van der Waals surface area (Å²) in [6.45, 7) is 4.01. The summed E-state index contributed by atoms with van der Waals surface area (Å²) in [7, 11) is -3.23. The lowest BCUT2D eigenvalue weighted by Crippen LogP contribution is -2.20. The van der Waals surface area contributed by atoms with Crippen LogP contribution in [0, 0.1) is 0 Å². The van der Waals surface area contributed by atoms with E-state index in [0.717, 1.165) is 18.4 Å². The van der Waals surface area contributed by atoms with E-state index in [1.165, 1.54) is 0 Å². The highest BCUT2D eigenvalue weighted by Gasteiger charge is 2.43. The largest absolute Gasteiger partial charge is 0.330 e. The van der Waals surface area contributed by atoms with Crippen molar-refractivity contribution in [1.82, 2.24) is 0 Å². The first kappa shape index (κ1) is 14.0. The van der Waals surface area contributed by atoms with Crippen molar-refractivity contribution in [3.63, 3.8) is 0 Å². The Labute approximate surface area is 117 Å². The molecule has 5 heteroatoms. The SMILES string of the molecule is CC(C)S(=O)(=O)c1ccc(C2(CN)CC2)cc1Br. The van der Waals surface area contributed by atoms with Crippen LogP contribution in [0.25, 0.3) is 0 Å². The van der Waals surface area contributed by atoms with E-state index in [-0.39, 0.29) is 5.41 Å². The van der Waals surface area contributed by atoms with Gasteiger partial charge in [0.15, 0.2) is 9.84 Å². The molecule has 0 unspecified atom stereocenters. The molecule has 0 atom stereocenters. The molecule has 1 fully saturated rings. The number of hydrogen-bond acceptors (Lipinski definition) is 3. The molecule has 2 N–H and O–H groups in total. The highest BCUT2D eigenvalue weighted by atomic mass is 79.9. The van der Waals surface area contributed by atoms with Crippen molar-refractivity contribution < 1.29 is 8.42 Å². The summed E-state index contributed by atoms with van der Waals surface area (Å²) in [5.74, 6) is 0. The second-order valence-electron chi connectivity index (χ2n) is 5.22. The molecule has 1 aromatic rings. The van der Waals surface area contributed by atoms with Gasteiger partial charge in [0, 0.05) is 16.4 Å². The van der Waals surface area contributed by atoms with Gasteiger partial charge in [0.25, 0.3) is 0 Å². The number of rotatable bonds is 4. The molecule has 0 amide bonds. The van der Waals surface area contributed by atoms with E-state index in [4.69, 9.17) is 5.73 Å². The Balaban J connectivity index is 2.44. The number of benzene rings is 1. The van der Waals surface area contributed by atoms with Crippen LogP contribution in [0.4, 0.5) is 0 Å². The van der Waals surface area contributed by atoms with Gasteiger partial charge in [-0.15, -0.1) is 0 Å². The fourth-order valence-electron chi connectivity index (χ4n) is 2.08. The molecular formula is C13H18BrNO2S. The van der Waals surface area contributed by atoms with Crippen LogP contribution in [0.1, 0.15) is 32.3 Å². The maximum atomic E-state index is 12.1. The van der Waals surface area contributed by atoms with Crippen LogP contribution in [-0.2, 0) is 15.3 Å². The second kappa shape index (κ2) is 4.62. The zero-order valence-electron chi connectivity index (χ0n) is 10.6. The molecule has 0 aliphatic heterocycles. The molecule has 0 aromatic heterocycles. The summed E-state index contributed by atoms with van der Waals surface area (Å²) in [5.41, 5.74) is 7.01. The zero-order valence-corrected chi connectivity index (χ0v) is 13.0. The minimum absolute atomic E-state index is 0.0860. The van der Waals surface area contributed by atoms with Crippen molar-refractivity contribution in [2.24, 2.45) is 5.73 Å². The first-order valence-electron chi connectivity index (χ1n) is 6.07. The van der Waals surface area contributed by atoms with Crippen LogP contribution in [0.3, 0.4) is 0 Å². The molecule has 0 heterocycles. The van der Waals surface area contributed by atoms with Crippen LogP contribution >= 0.6 is 15.9 Å². The summed E-state index contributed by atoms with van der Waals surface area (Å²) >= 11 is 3.38. The lowest BCUT2D eigenvalue weighted by Gasteiger charge is -2.16. The normalized spacial score (nSPS) is 18.1. The van der Waals surface area contributed by atoms with E-state index in [1.807, 2.05) is 12.1 Å². The summed E-state index contributed by atoms with van der Waals surface area (Å²) < 4.78 is 24.9. The standard InChI is InChI=1S/C13H18BrNO2S/c1-9(2)18(16,17)12-4-3-10(7-11(12)14)13(8-15)5-6-13/h3-4,7,9H,5-6,8,15H2,1-2H3. The maximum Gasteiger partial charge on any atom is 0.181 e. The number of nitrogens with two attached hydrogens (primary N) is 1. The van der Waals surface area contributed by atoms with E-state index in [9.17, 15) is 8.42 Å². The number of hydrogen-bond donors (Lipinski definition) is 1. The Morgan fingerprint density at radius 2 is 2.00 bits per heavy atom. The Morgan fingerprint density at radius 1 is 1.39 bits per heavy atom. The fourth-order valence-corrected chi connectivity index (χ4v) is 4.23. The molecule has 0 radical (unpaired) electrons. The van der Waals surface area contributed by atoms with Gasteiger partial charge in [0.05, 0.1) is 10.1 Å². The monoisotopic (exact) mass is 331 g/mol. The van der Waals surface area contributed by atoms with Crippen LogP contribution in [0.2, 0.25) is 0 Å². The van der Waals surface area contributed by atoms with E-state index in [0.29, 0.717) is 15.9 Å². The van der Waals surface area contributed by atoms with Crippen molar-refractivity contribution in [3.05, 3.63) is 28.2 Å². The van der Waals surface area contributed by atoms with Crippen molar-refractivity contribution in [1.29, 1.82) is 0 Å². The molecule has 2 rings (SSSR count). The third kappa shape index (κ3) is 2.24. The van der Waals surface area contributed by atoms with Gasteiger partial charge in [-0.3, -0.25) is 0 Å². The average Bonchev–Trinajstić information content (AvgIpc) is 3.09. The highest BCUT2D eigenvalue weighted by molar-refractivity contribution is 9.10. The lowest BCUT2D eigenvalue weighted by atomic mass is 9.96. The van der Waals surface area contributed by atoms with E-state index in [2.05, 4.69) is 15.9 Å². The Morgan fingerprint density at radius 3 is 2.39 bits per heavy atom. The number of halogens is 1. The minimum Gasteiger partial charge on any atom is -0.330 e. The molecule has 0 bridgehead atoms. The topological polar surface area (TPSA) is 60.2 Å². The predicted molar refractivity (Wildman–Crippen MR) is 76.4 cm³/mol. The minimum atomic E-state index is -3.23. The van der Waals surface area contributed by atoms with E-state index >= 15 is 0 Å². The van der Waals surface area contributed by atoms with Gasteiger partial charge < -0.3 is 5.73 Å². The van der Waals surface area contributed by atoms with Crippen molar-refractivity contribution in [2.75, 3.05) is 6.54 Å². The Bertz CT molecular complexity index is 562. The van der Waals surface area contributed by atoms with E-state index < -0.39 is 15.1 Å². The Hall–Kier alpha value is -0.390. The molecular weight excluding hydrogens is 314 g/mol. The van der Waals surface area contributed by atoms with Crippen LogP contribution in [-0.4, -0.2) is 20.2 Å². The van der Waals surface area contributed by atoms with Gasteiger partial charge >= 0.3 is 0 Å². The van der Waals surface area contributed by atoms with Crippen molar-refractivity contribution in [2.45, 2.75) is 42.2 Å². The molecule has 3 nitrogen and oxygen atoms in total. The van der Waals surface area contributed by atoms with Crippen LogP contribution in [0.5, 0.6) is 0 Å². The average molecular weight is 332 g/mol. The molecule has 18 heavy (non-hydrogen) atoms. The molecule has 1 aliphatic carbocycles. The summed E-state index contributed by atoms with van der Waals surface area (Å²) in [5, 5.41) is -0.413. The first-order chi connectivity index (χ1) is 8.33. The summed E-state index contributed by atoms with van der Waals surface area (Å²) in [4.78, 5) is 0.370. The van der Waals surface area contributed by atoms with Gasteiger partial charge in [0.1, 0.15) is 0 Å². The van der Waals surface area contributed by atoms with Gasteiger partial charge in [-0.1, -0.05) is 6.07 Å². The summed E-state index contributed by atoms with van der Waals surface area (Å²) in [6, 6.07) is 5.51. The quantitative estimate of drug-likeness (QED) is 0.922.